The molecule has 87 heavy (non-hydrogen) atoms. The van der Waals surface area contributed by atoms with Crippen LogP contribution in [-0.4, -0.2) is 132 Å². The standard InChI is InChI=1S/C21H22N6O2.C20H20N6O2.C20H23N5O2.HNO2/c1-14(2)19(21(28)29-3)27(13-22)12-15-8-10-16(11-9-15)17-6-4-5-7-18(17)20-23-25-26-24-20;1-13(2)18(20(27)28)26(12-21)11-14-7-9-15(10-8-14)16-5-3-4-6-17(16)19-22-24-25-23-19;1-13(2)18(20(26)27-3)21-12-14-8-10-15(11-9-14)16-6-4-5-7-17(16)19-22-24-25-23-19;2-1-3/h4-11,14,19H,12H2,1-3H3,(H,23,24,25,26);3-10,13,18H,11H2,1-2H3,(H,27,28)(H,22,23,24,25);4-11,13,18,21H,12H2,1-3H3,(H,22,23,24,25);(H,2,3)/t19-;2*18-;/m000./s1. The predicted molar refractivity (Wildman–Crippen MR) is 319 cm³/mol. The van der Waals surface area contributed by atoms with E-state index in [1.807, 2.05) is 167 Å². The lowest BCUT2D eigenvalue weighted by Gasteiger charge is -2.27. The number of methoxy groups -OCH3 is 2. The van der Waals surface area contributed by atoms with Crippen LogP contribution >= 0.6 is 0 Å². The number of H-pyrrole nitrogens is 3. The van der Waals surface area contributed by atoms with Crippen LogP contribution in [0.25, 0.3) is 67.5 Å². The summed E-state index contributed by atoms with van der Waals surface area (Å²) in [6.07, 6.45) is 4.14. The second-order valence-corrected chi connectivity index (χ2v) is 20.3. The summed E-state index contributed by atoms with van der Waals surface area (Å²) in [7, 11) is 2.75. The maximum atomic E-state index is 12.1. The van der Waals surface area contributed by atoms with E-state index in [0.717, 1.165) is 66.8 Å². The summed E-state index contributed by atoms with van der Waals surface area (Å²) in [5, 5.41) is 82.3. The van der Waals surface area contributed by atoms with E-state index in [-0.39, 0.29) is 36.3 Å². The third-order valence-corrected chi connectivity index (χ3v) is 13.6. The van der Waals surface area contributed by atoms with Crippen LogP contribution in [0.2, 0.25) is 0 Å². The fraction of sp³-hybridized carbons (Fsp3) is 0.279. The molecule has 9 aromatic rings. The number of carboxylic acids is 1. The minimum Gasteiger partial charge on any atom is -0.480 e. The lowest BCUT2D eigenvalue weighted by atomic mass is 9.98. The first kappa shape index (κ1) is 65.0. The Hall–Kier alpha value is -11.1. The monoisotopic (exact) mass is 1180 g/mol. The Bertz CT molecular complexity index is 3670. The molecule has 0 saturated heterocycles. The van der Waals surface area contributed by atoms with Gasteiger partial charge in [0.25, 0.3) is 0 Å². The number of nitrogens with zero attached hydrogens (tertiary/aromatic N) is 14. The normalized spacial score (nSPS) is 11.6. The number of ether oxygens (including phenoxy) is 2. The summed E-state index contributed by atoms with van der Waals surface area (Å²) in [5.74, 6) is -0.131. The number of hydrogen-bond acceptors (Lipinski definition) is 21. The van der Waals surface area contributed by atoms with Gasteiger partial charge in [-0.2, -0.15) is 26.2 Å². The average Bonchev–Trinajstić information content (AvgIpc) is 3.78. The summed E-state index contributed by atoms with van der Waals surface area (Å²) in [4.78, 5) is 46.3. The first-order valence-electron chi connectivity index (χ1n) is 27.2. The van der Waals surface area contributed by atoms with Crippen LogP contribution in [0.1, 0.15) is 58.2 Å². The molecule has 0 radical (unpaired) electrons. The highest BCUT2D eigenvalue weighted by Crippen LogP contribution is 2.33. The number of benzene rings is 6. The van der Waals surface area contributed by atoms with Gasteiger partial charge >= 0.3 is 17.9 Å². The van der Waals surface area contributed by atoms with E-state index < -0.39 is 24.0 Å². The first-order chi connectivity index (χ1) is 42.1. The average molecular weight is 1180 g/mol. The molecular weight excluding hydrogens is 1110 g/mol. The minimum atomic E-state index is -0.998. The van der Waals surface area contributed by atoms with Gasteiger partial charge in [0.1, 0.15) is 18.1 Å². The molecule has 6 aromatic carbocycles. The Morgan fingerprint density at radius 1 is 0.517 bits per heavy atom. The topological polar surface area (TPSA) is 369 Å². The zero-order valence-electron chi connectivity index (χ0n) is 49.0. The molecule has 0 aliphatic rings. The molecule has 0 aliphatic heterocycles. The molecule has 0 fully saturated rings. The Kier molecular flexibility index (Phi) is 24.4. The summed E-state index contributed by atoms with van der Waals surface area (Å²) in [6.45, 7) is 12.5. The van der Waals surface area contributed by atoms with Crippen LogP contribution in [0.15, 0.2) is 151 Å². The van der Waals surface area contributed by atoms with Gasteiger partial charge in [0.2, 0.25) is 17.5 Å². The molecule has 448 valence electrons. The van der Waals surface area contributed by atoms with Crippen molar-refractivity contribution in [2.45, 2.75) is 79.3 Å². The number of aromatic nitrogens is 12. The van der Waals surface area contributed by atoms with Crippen LogP contribution in [0.4, 0.5) is 0 Å². The highest BCUT2D eigenvalue weighted by Gasteiger charge is 2.30. The second kappa shape index (κ2) is 32.7. The molecule has 0 bridgehead atoms. The highest BCUT2D eigenvalue weighted by atomic mass is 16.6. The van der Waals surface area contributed by atoms with Gasteiger partial charge in [-0.05, 0) is 83.5 Å². The molecule has 6 N–H and O–H groups in total. The van der Waals surface area contributed by atoms with Gasteiger partial charge in [0, 0.05) is 23.2 Å². The van der Waals surface area contributed by atoms with Gasteiger partial charge in [-0.15, -0.1) is 35.5 Å². The van der Waals surface area contributed by atoms with Crippen molar-refractivity contribution in [1.82, 2.24) is 77.0 Å². The third kappa shape index (κ3) is 17.7. The molecule has 9 rings (SSSR count). The summed E-state index contributed by atoms with van der Waals surface area (Å²) in [5.41, 5.74) is 11.5. The third-order valence-electron chi connectivity index (χ3n) is 13.6. The lowest BCUT2D eigenvalue weighted by molar-refractivity contribution is -0.147. The van der Waals surface area contributed by atoms with Crippen molar-refractivity contribution in [3.8, 4) is 79.9 Å². The second-order valence-electron chi connectivity index (χ2n) is 20.3. The van der Waals surface area contributed by atoms with Gasteiger partial charge in [-0.1, -0.05) is 187 Å². The van der Waals surface area contributed by atoms with Crippen molar-refractivity contribution in [1.29, 1.82) is 10.5 Å². The van der Waals surface area contributed by atoms with Gasteiger partial charge in [0.15, 0.2) is 17.7 Å². The molecule has 3 atom stereocenters. The smallest absolute Gasteiger partial charge is 0.329 e. The van der Waals surface area contributed by atoms with Crippen LogP contribution in [0.5, 0.6) is 0 Å². The molecular formula is C61H66N18O8. The van der Waals surface area contributed by atoms with Crippen molar-refractivity contribution in [3.63, 3.8) is 0 Å². The number of rotatable bonds is 21. The number of aromatic amines is 3. The molecule has 0 unspecified atom stereocenters. The van der Waals surface area contributed by atoms with Gasteiger partial charge < -0.3 is 25.1 Å². The number of carbonyl (C=O) groups is 3. The van der Waals surface area contributed by atoms with Gasteiger partial charge in [-0.3, -0.25) is 14.6 Å². The van der Waals surface area contributed by atoms with Crippen molar-refractivity contribution in [2.24, 2.45) is 23.1 Å². The van der Waals surface area contributed by atoms with E-state index in [0.29, 0.717) is 30.6 Å². The van der Waals surface area contributed by atoms with E-state index in [1.54, 1.807) is 13.8 Å². The van der Waals surface area contributed by atoms with Crippen molar-refractivity contribution >= 4 is 17.9 Å². The molecule has 0 amide bonds. The Labute approximate surface area is 501 Å². The lowest BCUT2D eigenvalue weighted by Crippen LogP contribution is -2.42. The zero-order valence-corrected chi connectivity index (χ0v) is 49.0. The molecule has 3 heterocycles. The van der Waals surface area contributed by atoms with Gasteiger partial charge in [-0.25, -0.2) is 9.59 Å². The largest absolute Gasteiger partial charge is 0.480 e. The number of nitrogens with one attached hydrogen (secondary N) is 4. The molecule has 0 saturated carbocycles. The maximum absolute atomic E-state index is 12.1. The number of carbonyl (C=O) groups excluding carboxylic acids is 2. The van der Waals surface area contributed by atoms with Crippen molar-refractivity contribution < 1.29 is 34.2 Å². The van der Waals surface area contributed by atoms with E-state index in [1.165, 1.54) is 29.4 Å². The highest BCUT2D eigenvalue weighted by molar-refractivity contribution is 5.83. The number of nitriles is 2. The molecule has 0 aliphatic carbocycles. The Morgan fingerprint density at radius 3 is 1.11 bits per heavy atom. The van der Waals surface area contributed by atoms with Crippen molar-refractivity contribution in [2.75, 3.05) is 14.2 Å². The van der Waals surface area contributed by atoms with E-state index in [4.69, 9.17) is 19.6 Å². The van der Waals surface area contributed by atoms with Crippen LogP contribution in [0, 0.1) is 45.6 Å². The SMILES string of the molecule is CC(C)[C@@H](C(=O)O)N(C#N)Cc1ccc(-c2ccccc2-c2nn[nH]n2)cc1.COC(=O)[C@@H](NCc1ccc(-c2ccccc2-c2nn[nH]n2)cc1)C(C)C.COC(=O)[C@H](C(C)C)N(C#N)Cc1ccc(-c2ccccc2-c2nn[nH]n2)cc1.O=NO. The number of carboxylic acid groups (broad SMARTS) is 1. The summed E-state index contributed by atoms with van der Waals surface area (Å²) >= 11 is 0. The Morgan fingerprint density at radius 2 is 0.839 bits per heavy atom. The number of hydrogen-bond donors (Lipinski definition) is 6. The summed E-state index contributed by atoms with van der Waals surface area (Å²) in [6, 6.07) is 45.4. The van der Waals surface area contributed by atoms with Crippen LogP contribution in [0.3, 0.4) is 0 Å². The number of tetrazole rings is 3. The van der Waals surface area contributed by atoms with E-state index in [9.17, 15) is 30.0 Å². The summed E-state index contributed by atoms with van der Waals surface area (Å²) < 4.78 is 9.74. The molecule has 26 nitrogen and oxygen atoms in total. The fourth-order valence-electron chi connectivity index (χ4n) is 9.39. The molecule has 0 spiro atoms. The Balaban J connectivity index is 0.000000204. The number of aliphatic carboxylic acids is 1. The van der Waals surface area contributed by atoms with E-state index >= 15 is 0 Å². The first-order valence-corrected chi connectivity index (χ1v) is 27.2. The molecule has 26 heteroatoms. The minimum absolute atomic E-state index is 0.0526. The quantitative estimate of drug-likeness (QED) is 0.0128. The predicted octanol–water partition coefficient (Wildman–Crippen LogP) is 8.90. The maximum Gasteiger partial charge on any atom is 0.329 e. The number of esters is 2. The fourth-order valence-corrected chi connectivity index (χ4v) is 9.39. The van der Waals surface area contributed by atoms with E-state index in [2.05, 4.69) is 85.5 Å². The van der Waals surface area contributed by atoms with Crippen molar-refractivity contribution in [3.05, 3.63) is 167 Å². The molecule has 3 aromatic heterocycles. The van der Waals surface area contributed by atoms with Crippen LogP contribution < -0.4 is 5.32 Å². The zero-order chi connectivity index (χ0) is 62.8. The van der Waals surface area contributed by atoms with Gasteiger partial charge in [0.05, 0.1) is 27.3 Å². The van der Waals surface area contributed by atoms with Crippen LogP contribution in [-0.2, 0) is 43.5 Å².